The van der Waals surface area contributed by atoms with E-state index in [1.54, 1.807) is 0 Å². The molecule has 0 radical (unpaired) electrons. The molecule has 5 heteroatoms. The van der Waals surface area contributed by atoms with Gasteiger partial charge in [0.1, 0.15) is 0 Å². The zero-order valence-corrected chi connectivity index (χ0v) is 13.9. The van der Waals surface area contributed by atoms with Gasteiger partial charge in [0.15, 0.2) is 0 Å². The molecule has 1 aromatic carbocycles. The van der Waals surface area contributed by atoms with Crippen LogP contribution in [0.2, 0.25) is 0 Å². The van der Waals surface area contributed by atoms with E-state index in [1.807, 2.05) is 31.2 Å². The summed E-state index contributed by atoms with van der Waals surface area (Å²) < 4.78 is 4.87. The first kappa shape index (κ1) is 17.5. The third-order valence-electron chi connectivity index (χ3n) is 4.41. The van der Waals surface area contributed by atoms with Gasteiger partial charge in [0.2, 0.25) is 5.91 Å². The van der Waals surface area contributed by atoms with Gasteiger partial charge in [-0.15, -0.1) is 0 Å². The largest absolute Gasteiger partial charge is 0.468 e. The number of ether oxygens (including phenoxy) is 1. The number of carbonyl (C=O) groups is 2. The van der Waals surface area contributed by atoms with Crippen LogP contribution < -0.4 is 10.6 Å². The van der Waals surface area contributed by atoms with E-state index in [0.29, 0.717) is 12.3 Å². The molecule has 2 atom stereocenters. The number of hydrogen-bond donors (Lipinski definition) is 2. The van der Waals surface area contributed by atoms with Gasteiger partial charge in [0.25, 0.3) is 0 Å². The molecule has 23 heavy (non-hydrogen) atoms. The van der Waals surface area contributed by atoms with E-state index in [4.69, 9.17) is 4.74 Å². The van der Waals surface area contributed by atoms with Gasteiger partial charge in [-0.2, -0.15) is 0 Å². The number of amides is 1. The average molecular weight is 318 g/mol. The van der Waals surface area contributed by atoms with E-state index < -0.39 is 5.92 Å². The summed E-state index contributed by atoms with van der Waals surface area (Å²) in [7, 11) is 1.37. The highest BCUT2D eigenvalue weighted by Crippen LogP contribution is 2.18. The molecule has 2 unspecified atom stereocenters. The van der Waals surface area contributed by atoms with E-state index in [0.717, 1.165) is 37.1 Å². The van der Waals surface area contributed by atoms with Crippen molar-refractivity contribution < 1.29 is 14.3 Å². The highest BCUT2D eigenvalue weighted by Gasteiger charge is 2.22. The Hall–Kier alpha value is -1.88. The van der Waals surface area contributed by atoms with Gasteiger partial charge in [0, 0.05) is 13.0 Å². The summed E-state index contributed by atoms with van der Waals surface area (Å²) in [6, 6.07) is 7.74. The van der Waals surface area contributed by atoms with E-state index in [1.165, 1.54) is 7.11 Å². The van der Waals surface area contributed by atoms with Crippen molar-refractivity contribution in [3.05, 3.63) is 35.4 Å². The Morgan fingerprint density at radius 2 is 2.09 bits per heavy atom. The molecule has 1 aliphatic rings. The smallest absolute Gasteiger partial charge is 0.314 e. The molecule has 0 aromatic heterocycles. The summed E-state index contributed by atoms with van der Waals surface area (Å²) in [6.45, 7) is 4.32. The van der Waals surface area contributed by atoms with Gasteiger partial charge in [-0.05, 0) is 44.3 Å². The van der Waals surface area contributed by atoms with Gasteiger partial charge >= 0.3 is 5.97 Å². The first-order valence-corrected chi connectivity index (χ1v) is 8.22. The SMILES string of the molecule is COC(=O)C(CNC(=O)CCC1CCNC1)c1ccc(C)cc1. The number of rotatable bonds is 7. The van der Waals surface area contributed by atoms with Crippen LogP contribution in [0.1, 0.15) is 36.3 Å². The van der Waals surface area contributed by atoms with E-state index in [-0.39, 0.29) is 18.4 Å². The Bertz CT molecular complexity index is 522. The van der Waals surface area contributed by atoms with Gasteiger partial charge in [-0.1, -0.05) is 29.8 Å². The number of aryl methyl sites for hydroxylation is 1. The number of methoxy groups -OCH3 is 1. The normalized spacial score (nSPS) is 18.4. The highest BCUT2D eigenvalue weighted by atomic mass is 16.5. The first-order chi connectivity index (χ1) is 11.1. The third kappa shape index (κ3) is 5.36. The van der Waals surface area contributed by atoms with Crippen molar-refractivity contribution in [2.24, 2.45) is 5.92 Å². The maximum atomic E-state index is 12.0. The molecule has 1 aliphatic heterocycles. The zero-order valence-electron chi connectivity index (χ0n) is 13.9. The lowest BCUT2D eigenvalue weighted by molar-refractivity contribution is -0.142. The van der Waals surface area contributed by atoms with Crippen LogP contribution in [0.15, 0.2) is 24.3 Å². The van der Waals surface area contributed by atoms with Crippen LogP contribution in [0.4, 0.5) is 0 Å². The average Bonchev–Trinajstić information content (AvgIpc) is 3.08. The summed E-state index contributed by atoms with van der Waals surface area (Å²) in [5, 5.41) is 6.18. The fourth-order valence-electron chi connectivity index (χ4n) is 2.88. The van der Waals surface area contributed by atoms with Crippen LogP contribution >= 0.6 is 0 Å². The minimum atomic E-state index is -0.460. The second-order valence-corrected chi connectivity index (χ2v) is 6.19. The van der Waals surface area contributed by atoms with Crippen molar-refractivity contribution >= 4 is 11.9 Å². The van der Waals surface area contributed by atoms with Crippen LogP contribution in [0.5, 0.6) is 0 Å². The Kier molecular flexibility index (Phi) is 6.59. The second kappa shape index (κ2) is 8.67. The maximum absolute atomic E-state index is 12.0. The Morgan fingerprint density at radius 3 is 2.70 bits per heavy atom. The molecule has 5 nitrogen and oxygen atoms in total. The predicted molar refractivity (Wildman–Crippen MR) is 89.2 cm³/mol. The lowest BCUT2D eigenvalue weighted by Gasteiger charge is -2.16. The van der Waals surface area contributed by atoms with E-state index >= 15 is 0 Å². The molecule has 0 bridgehead atoms. The van der Waals surface area contributed by atoms with Gasteiger partial charge in [-0.3, -0.25) is 9.59 Å². The second-order valence-electron chi connectivity index (χ2n) is 6.19. The Morgan fingerprint density at radius 1 is 1.35 bits per heavy atom. The summed E-state index contributed by atoms with van der Waals surface area (Å²) >= 11 is 0. The van der Waals surface area contributed by atoms with Crippen molar-refractivity contribution in [3.63, 3.8) is 0 Å². The van der Waals surface area contributed by atoms with E-state index in [9.17, 15) is 9.59 Å². The van der Waals surface area contributed by atoms with Crippen LogP contribution in [-0.4, -0.2) is 38.6 Å². The van der Waals surface area contributed by atoms with Gasteiger partial charge in [-0.25, -0.2) is 0 Å². The zero-order chi connectivity index (χ0) is 16.7. The fourth-order valence-corrected chi connectivity index (χ4v) is 2.88. The quantitative estimate of drug-likeness (QED) is 0.752. The molecule has 0 saturated carbocycles. The number of carbonyl (C=O) groups excluding carboxylic acids is 2. The Balaban J connectivity index is 1.86. The molecule has 1 fully saturated rings. The Labute approximate surface area is 137 Å². The molecule has 1 heterocycles. The first-order valence-electron chi connectivity index (χ1n) is 8.22. The number of esters is 1. The highest BCUT2D eigenvalue weighted by molar-refractivity contribution is 5.81. The van der Waals surface area contributed by atoms with Crippen LogP contribution in [0.25, 0.3) is 0 Å². The number of benzene rings is 1. The lowest BCUT2D eigenvalue weighted by Crippen LogP contribution is -2.32. The molecule has 2 N–H and O–H groups in total. The maximum Gasteiger partial charge on any atom is 0.314 e. The van der Waals surface area contributed by atoms with Crippen LogP contribution in [0.3, 0.4) is 0 Å². The molecule has 0 aliphatic carbocycles. The van der Waals surface area contributed by atoms with Gasteiger partial charge in [0.05, 0.1) is 13.0 Å². The minimum Gasteiger partial charge on any atom is -0.468 e. The van der Waals surface area contributed by atoms with Crippen molar-refractivity contribution in [1.82, 2.24) is 10.6 Å². The summed E-state index contributed by atoms with van der Waals surface area (Å²) in [6.07, 6.45) is 2.54. The summed E-state index contributed by atoms with van der Waals surface area (Å²) in [5.74, 6) is -0.195. The standard InChI is InChI=1S/C18H26N2O3/c1-13-3-6-15(7-4-13)16(18(22)23-2)12-20-17(21)8-5-14-9-10-19-11-14/h3-4,6-7,14,16,19H,5,8-12H2,1-2H3,(H,20,21). The fraction of sp³-hybridized carbons (Fsp3) is 0.556. The van der Waals surface area contributed by atoms with Crippen molar-refractivity contribution in [1.29, 1.82) is 0 Å². The van der Waals surface area contributed by atoms with Crippen LogP contribution in [-0.2, 0) is 14.3 Å². The molecule has 1 saturated heterocycles. The summed E-state index contributed by atoms with van der Waals surface area (Å²) in [4.78, 5) is 24.0. The molecular weight excluding hydrogens is 292 g/mol. The monoisotopic (exact) mass is 318 g/mol. The van der Waals surface area contributed by atoms with Gasteiger partial charge < -0.3 is 15.4 Å². The number of nitrogens with one attached hydrogen (secondary N) is 2. The number of hydrogen-bond acceptors (Lipinski definition) is 4. The summed E-state index contributed by atoms with van der Waals surface area (Å²) in [5.41, 5.74) is 1.99. The molecule has 2 rings (SSSR count). The molecule has 0 spiro atoms. The van der Waals surface area contributed by atoms with Crippen molar-refractivity contribution in [3.8, 4) is 0 Å². The third-order valence-corrected chi connectivity index (χ3v) is 4.41. The molecule has 1 aromatic rings. The molecule has 1 amide bonds. The predicted octanol–water partition coefficient (Wildman–Crippen LogP) is 1.76. The minimum absolute atomic E-state index is 0.00193. The van der Waals surface area contributed by atoms with Crippen molar-refractivity contribution in [2.45, 2.75) is 32.1 Å². The van der Waals surface area contributed by atoms with Crippen molar-refractivity contribution in [2.75, 3.05) is 26.7 Å². The van der Waals surface area contributed by atoms with E-state index in [2.05, 4.69) is 10.6 Å². The lowest BCUT2D eigenvalue weighted by atomic mass is 9.97. The van der Waals surface area contributed by atoms with Crippen LogP contribution in [0, 0.1) is 12.8 Å². The topological polar surface area (TPSA) is 67.4 Å². The molecule has 126 valence electrons. The molecular formula is C18H26N2O3.